The van der Waals surface area contributed by atoms with Crippen LogP contribution in [0.3, 0.4) is 0 Å². The van der Waals surface area contributed by atoms with E-state index < -0.39 is 18.4 Å². The zero-order valence-electron chi connectivity index (χ0n) is 29.1. The van der Waals surface area contributed by atoms with Gasteiger partial charge in [-0.2, -0.15) is 8.42 Å². The standard InChI is InChI=1S/C36H62O4SSi/c1-25(2)14-13-15-26(24-39-41(10,37)38)28-17-18-29-27-16-19-31-34(6,7)32(40-42(11,12)33(3,4)5)21-23-36(31,9)30(27)20-22-35(28,29)8/h14,18,26,28,31-32H,13,15-17,19-24H2,1-12H3/t26-,28+,31-,32-,35+,36+/m0/s1. The summed E-state index contributed by atoms with van der Waals surface area (Å²) in [6, 6.07) is 0. The van der Waals surface area contributed by atoms with E-state index in [0.29, 0.717) is 24.5 Å². The Labute approximate surface area is 260 Å². The third-order valence-corrected chi connectivity index (χ3v) is 17.8. The Bertz CT molecular complexity index is 1230. The zero-order valence-corrected chi connectivity index (χ0v) is 30.9. The SMILES string of the molecule is CC(C)=CCC[C@@H](COS(C)(=O)=O)[C@H]1CC=C2C3=C(CC[C@@]21C)[C@@]1(C)CC[C@H](O[Si](C)(C)C(C)(C)C)C(C)(C)[C@@H]1CC3. The van der Waals surface area contributed by atoms with Gasteiger partial charge in [-0.3, -0.25) is 4.18 Å². The first kappa shape index (κ1) is 34.2. The van der Waals surface area contributed by atoms with Gasteiger partial charge in [-0.15, -0.1) is 0 Å². The van der Waals surface area contributed by atoms with Crippen molar-refractivity contribution in [2.75, 3.05) is 12.9 Å². The van der Waals surface area contributed by atoms with E-state index in [4.69, 9.17) is 8.61 Å². The van der Waals surface area contributed by atoms with E-state index in [1.807, 2.05) is 0 Å². The van der Waals surface area contributed by atoms with Crippen molar-refractivity contribution in [1.29, 1.82) is 0 Å². The molecular weight excluding hydrogens is 557 g/mol. The van der Waals surface area contributed by atoms with Crippen molar-refractivity contribution in [3.63, 3.8) is 0 Å². The highest BCUT2D eigenvalue weighted by Crippen LogP contribution is 2.67. The molecule has 4 rings (SSSR count). The van der Waals surface area contributed by atoms with Gasteiger partial charge in [0, 0.05) is 0 Å². The van der Waals surface area contributed by atoms with Crippen molar-refractivity contribution >= 4 is 18.4 Å². The van der Waals surface area contributed by atoms with Crippen molar-refractivity contribution in [1.82, 2.24) is 0 Å². The van der Waals surface area contributed by atoms with Gasteiger partial charge < -0.3 is 4.43 Å². The van der Waals surface area contributed by atoms with E-state index >= 15 is 0 Å². The van der Waals surface area contributed by atoms with Crippen molar-refractivity contribution in [2.45, 2.75) is 144 Å². The van der Waals surface area contributed by atoms with E-state index in [0.717, 1.165) is 32.1 Å². The van der Waals surface area contributed by atoms with Crippen LogP contribution in [0.15, 0.2) is 34.4 Å². The van der Waals surface area contributed by atoms with Gasteiger partial charge in [0.05, 0.1) is 19.0 Å². The Kier molecular flexibility index (Phi) is 9.43. The molecule has 0 aromatic heterocycles. The highest BCUT2D eigenvalue weighted by molar-refractivity contribution is 7.85. The number of fused-ring (bicyclic) bond motifs is 4. The van der Waals surface area contributed by atoms with E-state index in [1.54, 1.807) is 16.7 Å². The summed E-state index contributed by atoms with van der Waals surface area (Å²) in [4.78, 5) is 0. The molecule has 6 atom stereocenters. The fourth-order valence-corrected chi connectivity index (χ4v) is 11.3. The molecule has 0 saturated heterocycles. The Morgan fingerprint density at radius 2 is 1.74 bits per heavy atom. The van der Waals surface area contributed by atoms with E-state index in [9.17, 15) is 8.42 Å². The first-order valence-corrected chi connectivity index (χ1v) is 21.4. The number of rotatable bonds is 9. The third kappa shape index (κ3) is 6.35. The molecule has 0 amide bonds. The van der Waals surface area contributed by atoms with Crippen LogP contribution in [0.4, 0.5) is 0 Å². The Morgan fingerprint density at radius 1 is 1.07 bits per heavy atom. The topological polar surface area (TPSA) is 52.6 Å². The maximum atomic E-state index is 12.0. The van der Waals surface area contributed by atoms with E-state index in [-0.39, 0.29) is 27.2 Å². The van der Waals surface area contributed by atoms with Gasteiger partial charge in [-0.05, 0) is 135 Å². The molecule has 240 valence electrons. The molecule has 1 saturated carbocycles. The molecule has 0 aromatic rings. The largest absolute Gasteiger partial charge is 0.413 e. The minimum Gasteiger partial charge on any atom is -0.413 e. The first-order chi connectivity index (χ1) is 19.1. The molecule has 4 nitrogen and oxygen atoms in total. The summed E-state index contributed by atoms with van der Waals surface area (Å²) >= 11 is 0. The lowest BCUT2D eigenvalue weighted by Crippen LogP contribution is -2.57. The van der Waals surface area contributed by atoms with Gasteiger partial charge in [-0.25, -0.2) is 0 Å². The predicted molar refractivity (Wildman–Crippen MR) is 179 cm³/mol. The first-order valence-electron chi connectivity index (χ1n) is 16.7. The number of hydrogen-bond donors (Lipinski definition) is 0. The fraction of sp³-hybridized carbons (Fsp3) is 0.833. The molecule has 6 heteroatoms. The van der Waals surface area contributed by atoms with E-state index in [2.05, 4.69) is 87.6 Å². The molecule has 0 heterocycles. The van der Waals surface area contributed by atoms with Gasteiger partial charge in [0.25, 0.3) is 10.1 Å². The number of allylic oxidation sites excluding steroid dienone is 6. The number of hydrogen-bond acceptors (Lipinski definition) is 4. The Hall–Kier alpha value is -0.693. The minimum atomic E-state index is -3.46. The maximum absolute atomic E-state index is 12.0. The van der Waals surface area contributed by atoms with E-state index in [1.165, 1.54) is 37.5 Å². The highest BCUT2D eigenvalue weighted by Gasteiger charge is 2.59. The van der Waals surface area contributed by atoms with Crippen molar-refractivity contribution in [2.24, 2.45) is 34.0 Å². The molecule has 0 spiro atoms. The van der Waals surface area contributed by atoms with Crippen LogP contribution in [0.5, 0.6) is 0 Å². The molecule has 0 N–H and O–H groups in total. The molecule has 4 aliphatic rings. The molecule has 0 aliphatic heterocycles. The average molecular weight is 619 g/mol. The lowest BCUT2D eigenvalue weighted by Gasteiger charge is -2.61. The maximum Gasteiger partial charge on any atom is 0.264 e. The Balaban J connectivity index is 1.60. The van der Waals surface area contributed by atoms with Crippen LogP contribution in [0.25, 0.3) is 0 Å². The average Bonchev–Trinajstić information content (AvgIpc) is 3.19. The Morgan fingerprint density at radius 3 is 2.33 bits per heavy atom. The van der Waals surface area contributed by atoms with Crippen LogP contribution < -0.4 is 0 Å². The lowest BCUT2D eigenvalue weighted by molar-refractivity contribution is -0.0840. The second-order valence-corrected chi connectivity index (χ2v) is 23.6. The van der Waals surface area contributed by atoms with Crippen LogP contribution in [-0.4, -0.2) is 35.7 Å². The zero-order chi connectivity index (χ0) is 31.5. The van der Waals surface area contributed by atoms with Crippen LogP contribution in [0.2, 0.25) is 18.1 Å². The van der Waals surface area contributed by atoms with Gasteiger partial charge in [-0.1, -0.05) is 71.8 Å². The molecule has 0 unspecified atom stereocenters. The summed E-state index contributed by atoms with van der Waals surface area (Å²) in [5.74, 6) is 1.28. The molecule has 0 radical (unpaired) electrons. The van der Waals surface area contributed by atoms with Crippen LogP contribution in [-0.2, 0) is 18.7 Å². The molecule has 0 bridgehead atoms. The second-order valence-electron chi connectivity index (χ2n) is 17.2. The van der Waals surface area contributed by atoms with Gasteiger partial charge in [0.1, 0.15) is 0 Å². The summed E-state index contributed by atoms with van der Waals surface area (Å²) in [6.07, 6.45) is 16.4. The lowest BCUT2D eigenvalue weighted by atomic mass is 9.46. The van der Waals surface area contributed by atoms with Crippen LogP contribution in [0.1, 0.15) is 120 Å². The molecular formula is C36H62O4SSi. The van der Waals surface area contributed by atoms with Crippen LogP contribution in [0, 0.1) is 34.0 Å². The normalized spacial score (nSPS) is 33.8. The predicted octanol–water partition coefficient (Wildman–Crippen LogP) is 9.99. The summed E-state index contributed by atoms with van der Waals surface area (Å²) < 4.78 is 36.6. The van der Waals surface area contributed by atoms with Crippen molar-refractivity contribution in [3.8, 4) is 0 Å². The summed E-state index contributed by atoms with van der Waals surface area (Å²) in [6.45, 7) is 26.6. The summed E-state index contributed by atoms with van der Waals surface area (Å²) in [5.41, 5.74) is 6.79. The third-order valence-electron chi connectivity index (χ3n) is 12.8. The second kappa shape index (κ2) is 11.6. The summed E-state index contributed by atoms with van der Waals surface area (Å²) in [5, 5.41) is 0.223. The quantitative estimate of drug-likeness (QED) is 0.147. The summed E-state index contributed by atoms with van der Waals surface area (Å²) in [7, 11) is -5.31. The molecule has 0 aromatic carbocycles. The molecule has 1 fully saturated rings. The van der Waals surface area contributed by atoms with Crippen molar-refractivity contribution in [3.05, 3.63) is 34.4 Å². The molecule has 42 heavy (non-hydrogen) atoms. The van der Waals surface area contributed by atoms with Gasteiger partial charge >= 0.3 is 0 Å². The molecule has 4 aliphatic carbocycles. The monoisotopic (exact) mass is 618 g/mol. The fourth-order valence-electron chi connectivity index (χ4n) is 9.36. The van der Waals surface area contributed by atoms with Crippen LogP contribution >= 0.6 is 0 Å². The van der Waals surface area contributed by atoms with Gasteiger partial charge in [0.2, 0.25) is 0 Å². The van der Waals surface area contributed by atoms with Crippen molar-refractivity contribution < 1.29 is 17.0 Å². The minimum absolute atomic E-state index is 0.0939. The smallest absolute Gasteiger partial charge is 0.264 e. The van der Waals surface area contributed by atoms with Gasteiger partial charge in [0.15, 0.2) is 8.32 Å². The highest BCUT2D eigenvalue weighted by atomic mass is 32.2.